The summed E-state index contributed by atoms with van der Waals surface area (Å²) in [5.41, 5.74) is 3.06. The molecule has 0 aromatic heterocycles. The maximum absolute atomic E-state index is 11.7. The molecule has 0 aliphatic carbocycles. The number of aryl methyl sites for hydroxylation is 2. The van der Waals surface area contributed by atoms with Crippen LogP contribution in [0.5, 0.6) is 0 Å². The summed E-state index contributed by atoms with van der Waals surface area (Å²) < 4.78 is 5.35. The molecular weight excluding hydrogens is 240 g/mol. The number of hydrogen-bond acceptors (Lipinski definition) is 2. The first kappa shape index (κ1) is 15.5. The lowest BCUT2D eigenvalue weighted by Crippen LogP contribution is -2.30. The maximum atomic E-state index is 11.7. The lowest BCUT2D eigenvalue weighted by atomic mass is 10.1. The molecule has 106 valence electrons. The Bertz CT molecular complexity index is 405. The minimum absolute atomic E-state index is 0.163. The van der Waals surface area contributed by atoms with E-state index in [4.69, 9.17) is 4.74 Å². The van der Waals surface area contributed by atoms with Crippen molar-refractivity contribution in [3.63, 3.8) is 0 Å². The van der Waals surface area contributed by atoms with Gasteiger partial charge >= 0.3 is 6.03 Å². The second kappa shape index (κ2) is 8.53. The number of amides is 2. The Labute approximate surface area is 115 Å². The Morgan fingerprint density at radius 3 is 2.79 bits per heavy atom. The number of benzene rings is 1. The van der Waals surface area contributed by atoms with Crippen LogP contribution in [0.1, 0.15) is 30.9 Å². The Balaban J connectivity index is 2.25. The lowest BCUT2D eigenvalue weighted by Gasteiger charge is -2.10. The van der Waals surface area contributed by atoms with E-state index in [9.17, 15) is 4.79 Å². The van der Waals surface area contributed by atoms with Gasteiger partial charge in [0, 0.05) is 25.4 Å². The van der Waals surface area contributed by atoms with Gasteiger partial charge in [0.25, 0.3) is 0 Å². The van der Waals surface area contributed by atoms with Crippen molar-refractivity contribution in [1.82, 2.24) is 5.32 Å². The number of rotatable bonds is 7. The number of urea groups is 1. The summed E-state index contributed by atoms with van der Waals surface area (Å²) in [7, 11) is 0. The Morgan fingerprint density at radius 2 is 2.05 bits per heavy atom. The summed E-state index contributed by atoms with van der Waals surface area (Å²) in [6.07, 6.45) is 1.86. The first-order chi connectivity index (χ1) is 9.13. The Morgan fingerprint density at radius 1 is 1.26 bits per heavy atom. The highest BCUT2D eigenvalue weighted by atomic mass is 16.5. The van der Waals surface area contributed by atoms with Crippen LogP contribution in [0.25, 0.3) is 0 Å². The van der Waals surface area contributed by atoms with E-state index in [2.05, 4.69) is 17.6 Å². The molecule has 0 spiro atoms. The maximum Gasteiger partial charge on any atom is 0.319 e. The van der Waals surface area contributed by atoms with Crippen LogP contribution >= 0.6 is 0 Å². The molecule has 0 heterocycles. The molecular formula is C15H24N2O2. The first-order valence-corrected chi connectivity index (χ1v) is 6.83. The van der Waals surface area contributed by atoms with Crippen molar-refractivity contribution in [2.45, 2.75) is 33.6 Å². The smallest absolute Gasteiger partial charge is 0.319 e. The SMILES string of the molecule is CCCOCCCNC(=O)Nc1cc(C)ccc1C. The van der Waals surface area contributed by atoms with Gasteiger partial charge in [-0.1, -0.05) is 19.1 Å². The minimum atomic E-state index is -0.163. The van der Waals surface area contributed by atoms with Gasteiger partial charge in [-0.05, 0) is 43.9 Å². The average Bonchev–Trinajstić information content (AvgIpc) is 2.38. The summed E-state index contributed by atoms with van der Waals surface area (Å²) in [4.78, 5) is 11.7. The second-order valence-electron chi connectivity index (χ2n) is 4.67. The molecule has 0 aliphatic heterocycles. The van der Waals surface area contributed by atoms with E-state index in [1.165, 1.54) is 0 Å². The molecule has 0 atom stereocenters. The highest BCUT2D eigenvalue weighted by molar-refractivity contribution is 5.90. The van der Waals surface area contributed by atoms with Gasteiger partial charge in [-0.3, -0.25) is 0 Å². The summed E-state index contributed by atoms with van der Waals surface area (Å²) in [6.45, 7) is 8.17. The van der Waals surface area contributed by atoms with Crippen molar-refractivity contribution in [2.75, 3.05) is 25.1 Å². The van der Waals surface area contributed by atoms with Crippen LogP contribution in [0, 0.1) is 13.8 Å². The standard InChI is InChI=1S/C15H24N2O2/c1-4-9-19-10-5-8-16-15(18)17-14-11-12(2)6-7-13(14)3/h6-7,11H,4-5,8-10H2,1-3H3,(H2,16,17,18). The molecule has 0 saturated heterocycles. The molecule has 0 unspecified atom stereocenters. The van der Waals surface area contributed by atoms with E-state index < -0.39 is 0 Å². The van der Waals surface area contributed by atoms with Crippen molar-refractivity contribution < 1.29 is 9.53 Å². The quantitative estimate of drug-likeness (QED) is 0.743. The highest BCUT2D eigenvalue weighted by Gasteiger charge is 2.03. The number of carbonyl (C=O) groups is 1. The van der Waals surface area contributed by atoms with Gasteiger partial charge in [-0.25, -0.2) is 4.79 Å². The van der Waals surface area contributed by atoms with Crippen LogP contribution in [0.4, 0.5) is 10.5 Å². The zero-order valence-corrected chi connectivity index (χ0v) is 12.1. The normalized spacial score (nSPS) is 10.3. The summed E-state index contributed by atoms with van der Waals surface area (Å²) in [5.74, 6) is 0. The number of hydrogen-bond donors (Lipinski definition) is 2. The summed E-state index contributed by atoms with van der Waals surface area (Å²) >= 11 is 0. The van der Waals surface area contributed by atoms with Crippen LogP contribution < -0.4 is 10.6 Å². The lowest BCUT2D eigenvalue weighted by molar-refractivity contribution is 0.132. The van der Waals surface area contributed by atoms with Crippen LogP contribution in [-0.2, 0) is 4.74 Å². The van der Waals surface area contributed by atoms with Gasteiger partial charge in [-0.2, -0.15) is 0 Å². The number of nitrogens with one attached hydrogen (secondary N) is 2. The van der Waals surface area contributed by atoms with Gasteiger partial charge in [0.2, 0.25) is 0 Å². The zero-order valence-electron chi connectivity index (χ0n) is 12.1. The van der Waals surface area contributed by atoms with E-state index in [1.54, 1.807) is 0 Å². The van der Waals surface area contributed by atoms with E-state index >= 15 is 0 Å². The third-order valence-electron chi connectivity index (χ3n) is 2.74. The topological polar surface area (TPSA) is 50.4 Å². The fourth-order valence-electron chi connectivity index (χ4n) is 1.66. The van der Waals surface area contributed by atoms with Crippen LogP contribution in [0.15, 0.2) is 18.2 Å². The number of carbonyl (C=O) groups excluding carboxylic acids is 1. The van der Waals surface area contributed by atoms with E-state index in [0.29, 0.717) is 13.2 Å². The van der Waals surface area contributed by atoms with Crippen molar-refractivity contribution in [3.8, 4) is 0 Å². The molecule has 0 bridgehead atoms. The predicted molar refractivity (Wildman–Crippen MR) is 78.7 cm³/mol. The van der Waals surface area contributed by atoms with Crippen molar-refractivity contribution in [1.29, 1.82) is 0 Å². The number of ether oxygens (including phenoxy) is 1. The Kier molecular flexibility index (Phi) is 6.97. The molecule has 1 rings (SSSR count). The molecule has 0 saturated carbocycles. The molecule has 1 aromatic rings. The van der Waals surface area contributed by atoms with Crippen LogP contribution in [0.3, 0.4) is 0 Å². The summed E-state index contributed by atoms with van der Waals surface area (Å²) in [5, 5.41) is 5.69. The zero-order chi connectivity index (χ0) is 14.1. The highest BCUT2D eigenvalue weighted by Crippen LogP contribution is 2.15. The van der Waals surface area contributed by atoms with Gasteiger partial charge in [0.05, 0.1) is 0 Å². The molecule has 0 aliphatic rings. The second-order valence-corrected chi connectivity index (χ2v) is 4.67. The molecule has 2 amide bonds. The van der Waals surface area contributed by atoms with Crippen LogP contribution in [-0.4, -0.2) is 25.8 Å². The molecule has 1 aromatic carbocycles. The average molecular weight is 264 g/mol. The van der Waals surface area contributed by atoms with Crippen molar-refractivity contribution in [2.24, 2.45) is 0 Å². The molecule has 19 heavy (non-hydrogen) atoms. The molecule has 4 nitrogen and oxygen atoms in total. The monoisotopic (exact) mass is 264 g/mol. The fourth-order valence-corrected chi connectivity index (χ4v) is 1.66. The van der Waals surface area contributed by atoms with Gasteiger partial charge in [-0.15, -0.1) is 0 Å². The third kappa shape index (κ3) is 6.25. The number of anilines is 1. The largest absolute Gasteiger partial charge is 0.381 e. The summed E-state index contributed by atoms with van der Waals surface area (Å²) in [6, 6.07) is 5.84. The molecule has 4 heteroatoms. The van der Waals surface area contributed by atoms with Gasteiger partial charge in [0.1, 0.15) is 0 Å². The van der Waals surface area contributed by atoms with Crippen molar-refractivity contribution >= 4 is 11.7 Å². The first-order valence-electron chi connectivity index (χ1n) is 6.83. The Hall–Kier alpha value is -1.55. The van der Waals surface area contributed by atoms with Gasteiger partial charge < -0.3 is 15.4 Å². The van der Waals surface area contributed by atoms with Crippen molar-refractivity contribution in [3.05, 3.63) is 29.3 Å². The minimum Gasteiger partial charge on any atom is -0.381 e. The van der Waals surface area contributed by atoms with E-state index in [0.717, 1.165) is 36.3 Å². The fraction of sp³-hybridized carbons (Fsp3) is 0.533. The van der Waals surface area contributed by atoms with E-state index in [-0.39, 0.29) is 6.03 Å². The van der Waals surface area contributed by atoms with Crippen LogP contribution in [0.2, 0.25) is 0 Å². The predicted octanol–water partition coefficient (Wildman–Crippen LogP) is 3.24. The molecule has 0 radical (unpaired) electrons. The molecule has 2 N–H and O–H groups in total. The van der Waals surface area contributed by atoms with Gasteiger partial charge in [0.15, 0.2) is 0 Å². The molecule has 0 fully saturated rings. The van der Waals surface area contributed by atoms with E-state index in [1.807, 2.05) is 32.0 Å². The third-order valence-corrected chi connectivity index (χ3v) is 2.74.